The topological polar surface area (TPSA) is 53.2 Å². The van der Waals surface area contributed by atoms with Crippen LogP contribution in [-0.2, 0) is 15.9 Å². The summed E-state index contributed by atoms with van der Waals surface area (Å²) in [5.41, 5.74) is 0.696. The van der Waals surface area contributed by atoms with E-state index in [-0.39, 0.29) is 10.8 Å². The number of alkyl halides is 1. The molecule has 0 amide bonds. The Hall–Kier alpha value is -0.520. The fourth-order valence-electron chi connectivity index (χ4n) is 0.856. The maximum absolute atomic E-state index is 11.5. The Bertz CT molecular complexity index is 383. The molecule has 0 aliphatic heterocycles. The van der Waals surface area contributed by atoms with Crippen LogP contribution in [0.4, 0.5) is 0 Å². The van der Waals surface area contributed by atoms with Crippen LogP contribution in [0.15, 0.2) is 17.2 Å². The van der Waals surface area contributed by atoms with E-state index in [2.05, 4.69) is 4.98 Å². The fourth-order valence-corrected chi connectivity index (χ4v) is 1.93. The summed E-state index contributed by atoms with van der Waals surface area (Å²) in [4.78, 5) is 3.02. The van der Waals surface area contributed by atoms with Crippen molar-refractivity contribution in [1.29, 1.82) is 0 Å². The molecule has 0 radical (unpaired) electrons. The van der Waals surface area contributed by atoms with E-state index >= 15 is 0 Å². The third-order valence-corrected chi connectivity index (χ3v) is 3.72. The van der Waals surface area contributed by atoms with Crippen molar-refractivity contribution in [1.82, 2.24) is 9.29 Å². The third-order valence-electron chi connectivity index (χ3n) is 1.64. The molecule has 0 atom stereocenters. The number of hydrogen-bond donors (Lipinski definition) is 1. The number of sulfonamides is 1. The number of aromatic amines is 1. The number of hydrogen-bond acceptors (Lipinski definition) is 2. The number of nitrogens with one attached hydrogen (secondary N) is 1. The Morgan fingerprint density at radius 1 is 1.54 bits per heavy atom. The lowest BCUT2D eigenvalue weighted by atomic mass is 10.5. The Balaban J connectivity index is 3.09. The van der Waals surface area contributed by atoms with Gasteiger partial charge in [-0.2, -0.15) is 0 Å². The number of H-pyrrole nitrogens is 1. The first kappa shape index (κ1) is 10.6. The molecular formula is C7H11ClN2O2S. The lowest BCUT2D eigenvalue weighted by molar-refractivity contribution is 0.521. The van der Waals surface area contributed by atoms with Gasteiger partial charge in [-0.05, 0) is 6.07 Å². The van der Waals surface area contributed by atoms with Crippen LogP contribution in [0.3, 0.4) is 0 Å². The van der Waals surface area contributed by atoms with Gasteiger partial charge >= 0.3 is 0 Å². The van der Waals surface area contributed by atoms with Gasteiger partial charge in [0, 0.05) is 26.0 Å². The molecular weight excluding hydrogens is 212 g/mol. The van der Waals surface area contributed by atoms with Gasteiger partial charge in [0.25, 0.3) is 0 Å². The second-order valence-corrected chi connectivity index (χ2v) is 5.20. The van der Waals surface area contributed by atoms with E-state index in [1.54, 1.807) is 0 Å². The number of aromatic nitrogens is 1. The van der Waals surface area contributed by atoms with E-state index in [1.165, 1.54) is 26.4 Å². The summed E-state index contributed by atoms with van der Waals surface area (Å²) in [5.74, 6) is 0.281. The quantitative estimate of drug-likeness (QED) is 0.776. The van der Waals surface area contributed by atoms with Gasteiger partial charge in [0.2, 0.25) is 10.0 Å². The van der Waals surface area contributed by atoms with Crippen molar-refractivity contribution in [3.05, 3.63) is 18.0 Å². The zero-order chi connectivity index (χ0) is 10.1. The van der Waals surface area contributed by atoms with E-state index in [0.717, 1.165) is 4.31 Å². The van der Waals surface area contributed by atoms with Gasteiger partial charge in [0.1, 0.15) is 0 Å². The molecule has 0 fully saturated rings. The predicted octanol–water partition coefficient (Wildman–Crippen LogP) is 1.00. The molecule has 0 aromatic carbocycles. The number of halogens is 1. The molecule has 1 N–H and O–H groups in total. The van der Waals surface area contributed by atoms with E-state index in [1.807, 2.05) is 0 Å². The van der Waals surface area contributed by atoms with E-state index < -0.39 is 10.0 Å². The van der Waals surface area contributed by atoms with E-state index in [9.17, 15) is 8.42 Å². The standard InChI is InChI=1S/C7H11ClN2O2S/c1-10(2)13(11,12)7-3-6(4-8)9-5-7/h3,5,9H,4H2,1-2H3. The van der Waals surface area contributed by atoms with Gasteiger partial charge in [-0.15, -0.1) is 11.6 Å². The Labute approximate surface area is 82.6 Å². The molecule has 6 heteroatoms. The molecule has 0 unspecified atom stereocenters. The average molecular weight is 223 g/mol. The lowest BCUT2D eigenvalue weighted by Crippen LogP contribution is -2.21. The maximum atomic E-state index is 11.5. The molecule has 1 heterocycles. The molecule has 0 bridgehead atoms. The first-order valence-corrected chi connectivity index (χ1v) is 5.61. The zero-order valence-electron chi connectivity index (χ0n) is 7.41. The Morgan fingerprint density at radius 2 is 2.15 bits per heavy atom. The van der Waals surface area contributed by atoms with Gasteiger partial charge in [-0.25, -0.2) is 12.7 Å². The van der Waals surface area contributed by atoms with Gasteiger partial charge in [0.15, 0.2) is 0 Å². The fraction of sp³-hybridized carbons (Fsp3) is 0.429. The molecule has 1 aromatic rings. The molecule has 1 rings (SSSR count). The highest BCUT2D eigenvalue weighted by molar-refractivity contribution is 7.89. The van der Waals surface area contributed by atoms with Crippen molar-refractivity contribution in [2.24, 2.45) is 0 Å². The Morgan fingerprint density at radius 3 is 2.54 bits per heavy atom. The SMILES string of the molecule is CN(C)S(=O)(=O)c1c[nH]c(CCl)c1. The second kappa shape index (κ2) is 3.69. The van der Waals surface area contributed by atoms with Gasteiger partial charge in [-0.3, -0.25) is 0 Å². The van der Waals surface area contributed by atoms with E-state index in [4.69, 9.17) is 11.6 Å². The summed E-state index contributed by atoms with van der Waals surface area (Å²) in [5, 5.41) is 0. The average Bonchev–Trinajstić information content (AvgIpc) is 2.51. The number of nitrogens with zero attached hydrogens (tertiary/aromatic N) is 1. The van der Waals surface area contributed by atoms with Crippen LogP contribution in [0.1, 0.15) is 5.69 Å². The van der Waals surface area contributed by atoms with Crippen molar-refractivity contribution in [3.8, 4) is 0 Å². The molecule has 1 aromatic heterocycles. The van der Waals surface area contributed by atoms with E-state index in [0.29, 0.717) is 5.69 Å². The van der Waals surface area contributed by atoms with Crippen molar-refractivity contribution in [3.63, 3.8) is 0 Å². The summed E-state index contributed by atoms with van der Waals surface area (Å²) < 4.78 is 24.2. The van der Waals surface area contributed by atoms with Gasteiger partial charge in [-0.1, -0.05) is 0 Å². The van der Waals surface area contributed by atoms with Gasteiger partial charge < -0.3 is 4.98 Å². The number of rotatable bonds is 3. The first-order chi connectivity index (χ1) is 5.98. The predicted molar refractivity (Wildman–Crippen MR) is 51.2 cm³/mol. The van der Waals surface area contributed by atoms with Crippen LogP contribution < -0.4 is 0 Å². The van der Waals surface area contributed by atoms with Crippen LogP contribution in [0, 0.1) is 0 Å². The van der Waals surface area contributed by atoms with Crippen molar-refractivity contribution in [2.45, 2.75) is 10.8 Å². The van der Waals surface area contributed by atoms with Crippen LogP contribution in [0.2, 0.25) is 0 Å². The third kappa shape index (κ3) is 2.04. The first-order valence-electron chi connectivity index (χ1n) is 3.64. The minimum Gasteiger partial charge on any atom is -0.363 e. The minimum absolute atomic E-state index is 0.244. The van der Waals surface area contributed by atoms with Crippen LogP contribution in [0.5, 0.6) is 0 Å². The van der Waals surface area contributed by atoms with Crippen molar-refractivity contribution in [2.75, 3.05) is 14.1 Å². The molecule has 0 spiro atoms. The normalized spacial score (nSPS) is 12.3. The molecule has 74 valence electrons. The summed E-state index contributed by atoms with van der Waals surface area (Å²) in [6, 6.07) is 1.53. The van der Waals surface area contributed by atoms with Gasteiger partial charge in [0.05, 0.1) is 10.8 Å². The monoisotopic (exact) mass is 222 g/mol. The molecule has 4 nitrogen and oxygen atoms in total. The Kier molecular flexibility index (Phi) is 3.00. The lowest BCUT2D eigenvalue weighted by Gasteiger charge is -2.08. The van der Waals surface area contributed by atoms with Crippen molar-refractivity contribution >= 4 is 21.6 Å². The van der Waals surface area contributed by atoms with Crippen LogP contribution >= 0.6 is 11.6 Å². The highest BCUT2D eigenvalue weighted by atomic mass is 35.5. The summed E-state index contributed by atoms with van der Waals surface area (Å²) in [7, 11) is -0.345. The highest BCUT2D eigenvalue weighted by Crippen LogP contribution is 2.14. The second-order valence-electron chi connectivity index (χ2n) is 2.78. The zero-order valence-corrected chi connectivity index (χ0v) is 8.98. The van der Waals surface area contributed by atoms with Crippen LogP contribution in [-0.4, -0.2) is 31.8 Å². The molecule has 13 heavy (non-hydrogen) atoms. The smallest absolute Gasteiger partial charge is 0.244 e. The minimum atomic E-state index is -3.32. The maximum Gasteiger partial charge on any atom is 0.244 e. The summed E-state index contributed by atoms with van der Waals surface area (Å²) >= 11 is 5.53. The largest absolute Gasteiger partial charge is 0.363 e. The highest BCUT2D eigenvalue weighted by Gasteiger charge is 2.18. The molecule has 0 saturated heterocycles. The summed E-state index contributed by atoms with van der Waals surface area (Å²) in [6.07, 6.45) is 1.44. The molecule has 0 saturated carbocycles. The van der Waals surface area contributed by atoms with Crippen LogP contribution in [0.25, 0.3) is 0 Å². The summed E-state index contributed by atoms with van der Waals surface area (Å²) in [6.45, 7) is 0. The molecule has 0 aliphatic rings. The molecule has 0 aliphatic carbocycles. The van der Waals surface area contributed by atoms with Crippen molar-refractivity contribution < 1.29 is 8.42 Å².